The van der Waals surface area contributed by atoms with Gasteiger partial charge in [0, 0.05) is 10.3 Å². The summed E-state index contributed by atoms with van der Waals surface area (Å²) < 4.78 is 6.55. The molecule has 0 bridgehead atoms. The van der Waals surface area contributed by atoms with E-state index in [1.54, 1.807) is 11.3 Å². The van der Waals surface area contributed by atoms with Gasteiger partial charge in [-0.3, -0.25) is 0 Å². The van der Waals surface area contributed by atoms with Crippen LogP contribution in [0.15, 0.2) is 53.9 Å². The number of aryl methyl sites for hydroxylation is 2. The van der Waals surface area contributed by atoms with Crippen LogP contribution in [0.5, 0.6) is 5.75 Å². The Hall–Kier alpha value is -2.06. The van der Waals surface area contributed by atoms with Crippen molar-refractivity contribution in [1.29, 1.82) is 0 Å². The molecule has 0 aliphatic rings. The number of hydrogen-bond donors (Lipinski definition) is 0. The minimum atomic E-state index is 0.0219. The lowest BCUT2D eigenvalue weighted by molar-refractivity contribution is 0.0899. The molecular weight excluding hydrogens is 372 g/mol. The van der Waals surface area contributed by atoms with E-state index in [9.17, 15) is 0 Å². The van der Waals surface area contributed by atoms with Crippen LogP contribution in [0.1, 0.15) is 69.2 Å². The lowest BCUT2D eigenvalue weighted by Gasteiger charge is -2.31. The molecule has 0 saturated heterocycles. The van der Waals surface area contributed by atoms with E-state index in [1.165, 1.54) is 32.7 Å². The average molecular weight is 407 g/mol. The Balaban J connectivity index is 1.93. The van der Waals surface area contributed by atoms with Gasteiger partial charge in [0.2, 0.25) is 0 Å². The van der Waals surface area contributed by atoms with Gasteiger partial charge >= 0.3 is 0 Å². The first-order chi connectivity index (χ1) is 13.5. The van der Waals surface area contributed by atoms with E-state index in [0.29, 0.717) is 0 Å². The Labute approximate surface area is 180 Å². The molecule has 2 aromatic carbocycles. The molecule has 0 radical (unpaired) electrons. The van der Waals surface area contributed by atoms with Crippen LogP contribution in [0.3, 0.4) is 0 Å². The Kier molecular flexibility index (Phi) is 5.96. The lowest BCUT2D eigenvalue weighted by atomic mass is 9.85. The molecule has 1 aromatic heterocycles. The molecule has 1 atom stereocenters. The van der Waals surface area contributed by atoms with Crippen LogP contribution in [-0.4, -0.2) is 0 Å². The van der Waals surface area contributed by atoms with Crippen molar-refractivity contribution in [2.45, 2.75) is 66.9 Å². The molecule has 29 heavy (non-hydrogen) atoms. The molecule has 1 unspecified atom stereocenters. The fourth-order valence-corrected chi connectivity index (χ4v) is 4.82. The van der Waals surface area contributed by atoms with Gasteiger partial charge in [-0.2, -0.15) is 0 Å². The van der Waals surface area contributed by atoms with Crippen molar-refractivity contribution in [3.8, 4) is 16.9 Å². The largest absolute Gasteiger partial charge is 0.484 e. The summed E-state index contributed by atoms with van der Waals surface area (Å²) in [7, 11) is 0. The van der Waals surface area contributed by atoms with Gasteiger partial charge in [0.25, 0.3) is 0 Å². The first-order valence-corrected chi connectivity index (χ1v) is 11.3. The van der Waals surface area contributed by atoms with E-state index in [2.05, 4.69) is 109 Å². The highest BCUT2D eigenvalue weighted by Crippen LogP contribution is 2.40. The Bertz CT molecular complexity index is 928. The molecule has 1 nitrogen and oxygen atoms in total. The molecule has 3 aromatic rings. The third-order valence-corrected chi connectivity index (χ3v) is 6.30. The fraction of sp³-hybridized carbons (Fsp3) is 0.407. The van der Waals surface area contributed by atoms with Crippen molar-refractivity contribution < 1.29 is 4.74 Å². The molecule has 0 N–H and O–H groups in total. The van der Waals surface area contributed by atoms with E-state index < -0.39 is 0 Å². The summed E-state index contributed by atoms with van der Waals surface area (Å²) in [6.45, 7) is 17.8. The predicted octanol–water partition coefficient (Wildman–Crippen LogP) is 8.50. The second-order valence-electron chi connectivity index (χ2n) is 10.1. The SMILES string of the molecule is Cc1cc(OC(c2cccs2)C(C)(C)C)cc(C)c1-c1ccc(C(C)(C)C)cc1. The fourth-order valence-electron chi connectivity index (χ4n) is 3.82. The monoisotopic (exact) mass is 406 g/mol. The zero-order chi connectivity index (χ0) is 21.4. The summed E-state index contributed by atoms with van der Waals surface area (Å²) in [5, 5.41) is 2.12. The molecule has 0 aliphatic carbocycles. The number of benzene rings is 2. The Morgan fingerprint density at radius 3 is 1.86 bits per heavy atom. The smallest absolute Gasteiger partial charge is 0.138 e. The standard InChI is InChI=1S/C27H34OS/c1-18-16-22(28-25(27(6,7)8)23-10-9-15-29-23)17-19(2)24(18)20-11-13-21(14-12-20)26(3,4)5/h9-17,25H,1-8H3. The molecule has 1 heterocycles. The van der Waals surface area contributed by atoms with Crippen molar-refractivity contribution in [2.75, 3.05) is 0 Å². The zero-order valence-electron chi connectivity index (χ0n) is 19.1. The normalized spacial score (nSPS) is 13.4. The molecule has 3 rings (SSSR count). The van der Waals surface area contributed by atoms with E-state index in [0.717, 1.165) is 5.75 Å². The van der Waals surface area contributed by atoms with E-state index in [-0.39, 0.29) is 16.9 Å². The summed E-state index contributed by atoms with van der Waals surface area (Å²) >= 11 is 1.76. The summed E-state index contributed by atoms with van der Waals surface area (Å²) in [6, 6.07) is 17.7. The summed E-state index contributed by atoms with van der Waals surface area (Å²) in [5.41, 5.74) is 6.63. The van der Waals surface area contributed by atoms with Crippen molar-refractivity contribution in [2.24, 2.45) is 5.41 Å². The molecular formula is C27H34OS. The predicted molar refractivity (Wildman–Crippen MR) is 127 cm³/mol. The van der Waals surface area contributed by atoms with Gasteiger partial charge < -0.3 is 4.74 Å². The Morgan fingerprint density at radius 2 is 1.41 bits per heavy atom. The second-order valence-corrected chi connectivity index (χ2v) is 11.1. The van der Waals surface area contributed by atoms with Gasteiger partial charge in [0.15, 0.2) is 0 Å². The highest BCUT2D eigenvalue weighted by molar-refractivity contribution is 7.10. The van der Waals surface area contributed by atoms with Crippen LogP contribution in [0.2, 0.25) is 0 Å². The van der Waals surface area contributed by atoms with Crippen LogP contribution < -0.4 is 4.74 Å². The maximum Gasteiger partial charge on any atom is 0.138 e. The quantitative estimate of drug-likeness (QED) is 0.422. The van der Waals surface area contributed by atoms with E-state index in [4.69, 9.17) is 4.74 Å². The minimum absolute atomic E-state index is 0.0219. The first-order valence-electron chi connectivity index (χ1n) is 10.4. The maximum absolute atomic E-state index is 6.55. The number of rotatable bonds is 4. The number of ether oxygens (including phenoxy) is 1. The molecule has 0 saturated carbocycles. The summed E-state index contributed by atoms with van der Waals surface area (Å²) in [4.78, 5) is 1.27. The van der Waals surface area contributed by atoms with Gasteiger partial charge in [0.05, 0.1) is 0 Å². The molecule has 0 fully saturated rings. The third kappa shape index (κ3) is 4.93. The van der Waals surface area contributed by atoms with Crippen molar-refractivity contribution in [1.82, 2.24) is 0 Å². The lowest BCUT2D eigenvalue weighted by Crippen LogP contribution is -2.23. The van der Waals surface area contributed by atoms with Gasteiger partial charge in [-0.25, -0.2) is 0 Å². The van der Waals surface area contributed by atoms with Crippen LogP contribution in [0.25, 0.3) is 11.1 Å². The van der Waals surface area contributed by atoms with Crippen molar-refractivity contribution in [3.63, 3.8) is 0 Å². The van der Waals surface area contributed by atoms with Crippen LogP contribution in [0.4, 0.5) is 0 Å². The van der Waals surface area contributed by atoms with Crippen LogP contribution >= 0.6 is 11.3 Å². The molecule has 154 valence electrons. The number of hydrogen-bond acceptors (Lipinski definition) is 2. The van der Waals surface area contributed by atoms with Gasteiger partial charge in [0.1, 0.15) is 11.9 Å². The third-order valence-electron chi connectivity index (χ3n) is 5.39. The average Bonchev–Trinajstić information content (AvgIpc) is 3.12. The molecule has 0 spiro atoms. The maximum atomic E-state index is 6.55. The zero-order valence-corrected chi connectivity index (χ0v) is 19.9. The van der Waals surface area contributed by atoms with Crippen molar-refractivity contribution >= 4 is 11.3 Å². The van der Waals surface area contributed by atoms with E-state index >= 15 is 0 Å². The molecule has 0 aliphatic heterocycles. The van der Waals surface area contributed by atoms with Gasteiger partial charge in [-0.05, 0) is 70.7 Å². The Morgan fingerprint density at radius 1 is 0.828 bits per heavy atom. The highest BCUT2D eigenvalue weighted by atomic mass is 32.1. The topological polar surface area (TPSA) is 9.23 Å². The van der Waals surface area contributed by atoms with E-state index in [1.807, 2.05) is 0 Å². The second kappa shape index (κ2) is 7.99. The van der Waals surface area contributed by atoms with Crippen LogP contribution in [-0.2, 0) is 5.41 Å². The molecule has 0 amide bonds. The highest BCUT2D eigenvalue weighted by Gasteiger charge is 2.29. The van der Waals surface area contributed by atoms with Crippen LogP contribution in [0, 0.1) is 19.3 Å². The van der Waals surface area contributed by atoms with Gasteiger partial charge in [-0.1, -0.05) is 71.9 Å². The van der Waals surface area contributed by atoms with Crippen molar-refractivity contribution in [3.05, 3.63) is 75.5 Å². The minimum Gasteiger partial charge on any atom is -0.484 e. The summed E-state index contributed by atoms with van der Waals surface area (Å²) in [6.07, 6.45) is 0.0400. The summed E-state index contributed by atoms with van der Waals surface area (Å²) in [5.74, 6) is 0.948. The van der Waals surface area contributed by atoms with Gasteiger partial charge in [-0.15, -0.1) is 11.3 Å². The molecule has 2 heteroatoms. The number of thiophene rings is 1. The first kappa shape index (κ1) is 21.6.